The van der Waals surface area contributed by atoms with E-state index in [0.717, 1.165) is 17.3 Å². The molecule has 1 unspecified atom stereocenters. The van der Waals surface area contributed by atoms with Crippen molar-refractivity contribution in [2.24, 2.45) is 0 Å². The molecular formula is C32H28Br2. The molecule has 0 bridgehead atoms. The topological polar surface area (TPSA) is 0 Å². The van der Waals surface area contributed by atoms with Gasteiger partial charge in [-0.25, -0.2) is 0 Å². The van der Waals surface area contributed by atoms with Gasteiger partial charge < -0.3 is 0 Å². The number of hydrogen-bond acceptors (Lipinski definition) is 0. The van der Waals surface area contributed by atoms with Crippen LogP contribution in [0.15, 0.2) is 112 Å². The van der Waals surface area contributed by atoms with Crippen LogP contribution in [-0.4, -0.2) is 0 Å². The van der Waals surface area contributed by atoms with Gasteiger partial charge in [0, 0.05) is 14.9 Å². The smallest absolute Gasteiger partial charge is 0.0181 e. The maximum absolute atomic E-state index is 3.57. The molecule has 0 heterocycles. The Morgan fingerprint density at radius 2 is 1.38 bits per heavy atom. The van der Waals surface area contributed by atoms with E-state index in [4.69, 9.17) is 0 Å². The molecule has 1 atom stereocenters. The van der Waals surface area contributed by atoms with Gasteiger partial charge in [-0.1, -0.05) is 111 Å². The second kappa shape index (κ2) is 10.9. The van der Waals surface area contributed by atoms with Crippen LogP contribution in [0, 0.1) is 0 Å². The summed E-state index contributed by atoms with van der Waals surface area (Å²) in [7, 11) is 0. The third kappa shape index (κ3) is 5.29. The van der Waals surface area contributed by atoms with Gasteiger partial charge in [-0.3, -0.25) is 0 Å². The van der Waals surface area contributed by atoms with Crippen LogP contribution in [0.5, 0.6) is 0 Å². The highest BCUT2D eigenvalue weighted by Crippen LogP contribution is 2.37. The molecule has 2 aliphatic rings. The van der Waals surface area contributed by atoms with Gasteiger partial charge in [-0.15, -0.1) is 0 Å². The highest BCUT2D eigenvalue weighted by Gasteiger charge is 2.21. The Kier molecular flexibility index (Phi) is 7.47. The lowest BCUT2D eigenvalue weighted by Crippen LogP contribution is -2.10. The first kappa shape index (κ1) is 23.3. The van der Waals surface area contributed by atoms with E-state index in [-0.39, 0.29) is 0 Å². The Balaban J connectivity index is 0.000000142. The molecule has 0 amide bonds. The van der Waals surface area contributed by atoms with Gasteiger partial charge in [0.2, 0.25) is 0 Å². The molecule has 2 heteroatoms. The zero-order valence-corrected chi connectivity index (χ0v) is 22.4. The van der Waals surface area contributed by atoms with Crippen LogP contribution < -0.4 is 0 Å². The number of hydrogen-bond donors (Lipinski definition) is 0. The fourth-order valence-electron chi connectivity index (χ4n) is 5.24. The standard InChI is InChI=1S/C16H15Br.C16H13Br/c2*17-14-8-3-7-13(11-14)16-10-4-6-12-5-1-2-9-15(12)16/h1-3,5,7-9,11,16H,4,6,10H2;1-3,5,7-11H,4,6H2. The maximum Gasteiger partial charge on any atom is 0.0181 e. The molecule has 0 aromatic heterocycles. The summed E-state index contributed by atoms with van der Waals surface area (Å²) in [5, 5.41) is 0. The van der Waals surface area contributed by atoms with E-state index < -0.39 is 0 Å². The van der Waals surface area contributed by atoms with Gasteiger partial charge >= 0.3 is 0 Å². The average molecular weight is 572 g/mol. The van der Waals surface area contributed by atoms with Crippen LogP contribution >= 0.6 is 31.9 Å². The molecule has 0 saturated heterocycles. The molecule has 0 fully saturated rings. The van der Waals surface area contributed by atoms with Crippen LogP contribution in [0.25, 0.3) is 5.57 Å². The van der Waals surface area contributed by atoms with E-state index >= 15 is 0 Å². The van der Waals surface area contributed by atoms with Crippen molar-refractivity contribution in [3.05, 3.63) is 145 Å². The predicted octanol–water partition coefficient (Wildman–Crippen LogP) is 9.74. The monoisotopic (exact) mass is 570 g/mol. The van der Waals surface area contributed by atoms with Crippen molar-refractivity contribution in [2.45, 2.75) is 38.0 Å². The lowest BCUT2D eigenvalue weighted by Gasteiger charge is -2.26. The number of halogens is 2. The number of fused-ring (bicyclic) bond motifs is 2. The van der Waals surface area contributed by atoms with Crippen molar-refractivity contribution in [1.29, 1.82) is 0 Å². The van der Waals surface area contributed by atoms with Crippen molar-refractivity contribution in [1.82, 2.24) is 0 Å². The van der Waals surface area contributed by atoms with Gasteiger partial charge in [0.25, 0.3) is 0 Å². The molecule has 0 radical (unpaired) electrons. The Bertz CT molecular complexity index is 1320. The van der Waals surface area contributed by atoms with Crippen LogP contribution in [-0.2, 0) is 12.8 Å². The summed E-state index contributed by atoms with van der Waals surface area (Å²) >= 11 is 7.11. The molecule has 0 aliphatic heterocycles. The largest absolute Gasteiger partial charge is 0.0757 e. The molecule has 4 aromatic rings. The summed E-state index contributed by atoms with van der Waals surface area (Å²) in [6, 6.07) is 34.9. The quantitative estimate of drug-likeness (QED) is 0.224. The highest BCUT2D eigenvalue weighted by atomic mass is 79.9. The van der Waals surface area contributed by atoms with E-state index in [1.165, 1.54) is 62.7 Å². The summed E-state index contributed by atoms with van der Waals surface area (Å²) in [6.07, 6.45) is 8.46. The SMILES string of the molecule is Brc1cccc(C2=CCCc3ccccc32)c1.Brc1cccc(C2CCCc3ccccc32)c1. The van der Waals surface area contributed by atoms with Gasteiger partial charge in [0.05, 0.1) is 0 Å². The number of allylic oxidation sites excluding steroid dienone is 1. The Labute approximate surface area is 220 Å². The van der Waals surface area contributed by atoms with Crippen LogP contribution in [0.2, 0.25) is 0 Å². The average Bonchev–Trinajstić information content (AvgIpc) is 2.88. The van der Waals surface area contributed by atoms with Gasteiger partial charge in [0.1, 0.15) is 0 Å². The zero-order chi connectivity index (χ0) is 23.3. The normalized spacial score (nSPS) is 16.4. The molecule has 170 valence electrons. The van der Waals surface area contributed by atoms with E-state index in [1.54, 1.807) is 0 Å². The molecule has 0 saturated carbocycles. The van der Waals surface area contributed by atoms with Crippen molar-refractivity contribution in [3.63, 3.8) is 0 Å². The Morgan fingerprint density at radius 3 is 2.21 bits per heavy atom. The zero-order valence-electron chi connectivity index (χ0n) is 19.2. The molecule has 4 aromatic carbocycles. The van der Waals surface area contributed by atoms with E-state index in [2.05, 4.69) is 135 Å². The second-order valence-electron chi connectivity index (χ2n) is 9.02. The molecule has 34 heavy (non-hydrogen) atoms. The first-order valence-corrected chi connectivity index (χ1v) is 13.7. The summed E-state index contributed by atoms with van der Waals surface area (Å²) < 4.78 is 2.32. The van der Waals surface area contributed by atoms with Gasteiger partial charge in [-0.05, 0) is 95.3 Å². The third-order valence-corrected chi connectivity index (χ3v) is 7.81. The molecule has 0 N–H and O–H groups in total. The molecule has 0 spiro atoms. The Hall–Kier alpha value is -2.42. The van der Waals surface area contributed by atoms with Crippen LogP contribution in [0.4, 0.5) is 0 Å². The first-order chi connectivity index (χ1) is 16.7. The minimum Gasteiger partial charge on any atom is -0.0757 e. The minimum atomic E-state index is 0.581. The van der Waals surface area contributed by atoms with Crippen LogP contribution in [0.1, 0.15) is 58.6 Å². The fraction of sp³-hybridized carbons (Fsp3) is 0.188. The lowest BCUT2D eigenvalue weighted by molar-refractivity contribution is 0.616. The summed E-state index contributed by atoms with van der Waals surface area (Å²) in [4.78, 5) is 0. The second-order valence-corrected chi connectivity index (χ2v) is 10.9. The molecule has 6 rings (SSSR count). The first-order valence-electron chi connectivity index (χ1n) is 12.1. The molecule has 0 nitrogen and oxygen atoms in total. The van der Waals surface area contributed by atoms with Crippen molar-refractivity contribution >= 4 is 37.4 Å². The Morgan fingerprint density at radius 1 is 0.647 bits per heavy atom. The van der Waals surface area contributed by atoms with Gasteiger partial charge in [0.15, 0.2) is 0 Å². The molecular weight excluding hydrogens is 544 g/mol. The van der Waals surface area contributed by atoms with E-state index in [9.17, 15) is 0 Å². The lowest BCUT2D eigenvalue weighted by atomic mass is 9.79. The van der Waals surface area contributed by atoms with E-state index in [0.29, 0.717) is 5.92 Å². The summed E-state index contributed by atoms with van der Waals surface area (Å²) in [6.45, 7) is 0. The van der Waals surface area contributed by atoms with Crippen molar-refractivity contribution < 1.29 is 0 Å². The van der Waals surface area contributed by atoms with Crippen molar-refractivity contribution in [3.8, 4) is 0 Å². The van der Waals surface area contributed by atoms with Crippen molar-refractivity contribution in [2.75, 3.05) is 0 Å². The maximum atomic E-state index is 3.57. The van der Waals surface area contributed by atoms with Crippen LogP contribution in [0.3, 0.4) is 0 Å². The van der Waals surface area contributed by atoms with Gasteiger partial charge in [-0.2, -0.15) is 0 Å². The number of aryl methyl sites for hydroxylation is 2. The number of rotatable bonds is 2. The molecule has 2 aliphatic carbocycles. The predicted molar refractivity (Wildman–Crippen MR) is 151 cm³/mol. The fourth-order valence-corrected chi connectivity index (χ4v) is 6.05. The number of benzene rings is 4. The minimum absolute atomic E-state index is 0.581. The highest BCUT2D eigenvalue weighted by molar-refractivity contribution is 9.10. The van der Waals surface area contributed by atoms with E-state index in [1.807, 2.05) is 0 Å². The third-order valence-electron chi connectivity index (χ3n) is 6.83. The summed E-state index contributed by atoms with van der Waals surface area (Å²) in [5.74, 6) is 0.581. The summed E-state index contributed by atoms with van der Waals surface area (Å²) in [5.41, 5.74) is 10.0.